The van der Waals surface area contributed by atoms with Crippen LogP contribution in [0.1, 0.15) is 26.3 Å². The van der Waals surface area contributed by atoms with Crippen LogP contribution in [0.25, 0.3) is 0 Å². The summed E-state index contributed by atoms with van der Waals surface area (Å²) in [4.78, 5) is 8.88. The summed E-state index contributed by atoms with van der Waals surface area (Å²) in [5.41, 5.74) is 1.03. The Hall–Kier alpha value is -2.76. The van der Waals surface area contributed by atoms with Crippen molar-refractivity contribution in [1.82, 2.24) is 15.6 Å². The van der Waals surface area contributed by atoms with Gasteiger partial charge in [0.25, 0.3) is 0 Å². The van der Waals surface area contributed by atoms with E-state index < -0.39 is 0 Å². The molecule has 0 unspecified atom stereocenters. The van der Waals surface area contributed by atoms with Gasteiger partial charge in [-0.25, -0.2) is 9.98 Å². The lowest BCUT2D eigenvalue weighted by molar-refractivity contribution is 0.232. The number of aliphatic imine (C=N–C) groups is 1. The van der Waals surface area contributed by atoms with Crippen LogP contribution in [-0.4, -0.2) is 36.7 Å². The van der Waals surface area contributed by atoms with Gasteiger partial charge in [0.15, 0.2) is 5.96 Å². The first kappa shape index (κ1) is 19.6. The molecule has 0 atom stereocenters. The van der Waals surface area contributed by atoms with Gasteiger partial charge in [-0.1, -0.05) is 24.3 Å². The highest BCUT2D eigenvalue weighted by molar-refractivity contribution is 5.79. The molecule has 6 nitrogen and oxygen atoms in total. The SMILES string of the molecule is CCNC(=NCc1ccc(OC(C)C)nc1)NCCOc1ccccc1. The second-order valence-electron chi connectivity index (χ2n) is 5.95. The molecule has 0 amide bonds. The third-order valence-electron chi connectivity index (χ3n) is 3.32. The highest BCUT2D eigenvalue weighted by Crippen LogP contribution is 2.10. The lowest BCUT2D eigenvalue weighted by Crippen LogP contribution is -2.39. The summed E-state index contributed by atoms with van der Waals surface area (Å²) in [5, 5.41) is 6.49. The summed E-state index contributed by atoms with van der Waals surface area (Å²) in [5.74, 6) is 2.26. The number of guanidine groups is 1. The number of pyridine rings is 1. The first-order valence-corrected chi connectivity index (χ1v) is 8.99. The zero-order valence-electron chi connectivity index (χ0n) is 15.7. The van der Waals surface area contributed by atoms with Crippen LogP contribution >= 0.6 is 0 Å². The molecule has 26 heavy (non-hydrogen) atoms. The predicted octanol–water partition coefficient (Wildman–Crippen LogP) is 3.00. The number of hydrogen-bond acceptors (Lipinski definition) is 4. The smallest absolute Gasteiger partial charge is 0.213 e. The van der Waals surface area contributed by atoms with Crippen molar-refractivity contribution < 1.29 is 9.47 Å². The number of aromatic nitrogens is 1. The summed E-state index contributed by atoms with van der Waals surface area (Å²) in [6.07, 6.45) is 1.91. The van der Waals surface area contributed by atoms with E-state index in [1.54, 1.807) is 6.20 Å². The molecule has 1 heterocycles. The van der Waals surface area contributed by atoms with E-state index in [9.17, 15) is 0 Å². The molecule has 6 heteroatoms. The molecule has 1 aromatic carbocycles. The van der Waals surface area contributed by atoms with Crippen molar-refractivity contribution in [3.05, 3.63) is 54.2 Å². The Morgan fingerprint density at radius 1 is 1.12 bits per heavy atom. The molecule has 2 rings (SSSR count). The molecule has 140 valence electrons. The molecule has 1 aromatic heterocycles. The van der Waals surface area contributed by atoms with E-state index in [4.69, 9.17) is 9.47 Å². The van der Waals surface area contributed by atoms with Crippen molar-refractivity contribution in [2.75, 3.05) is 19.7 Å². The number of nitrogens with one attached hydrogen (secondary N) is 2. The number of para-hydroxylation sites is 1. The van der Waals surface area contributed by atoms with E-state index in [0.29, 0.717) is 25.6 Å². The summed E-state index contributed by atoms with van der Waals surface area (Å²) >= 11 is 0. The van der Waals surface area contributed by atoms with Gasteiger partial charge < -0.3 is 20.1 Å². The van der Waals surface area contributed by atoms with Crippen LogP contribution < -0.4 is 20.1 Å². The molecule has 0 aliphatic carbocycles. The highest BCUT2D eigenvalue weighted by Gasteiger charge is 2.01. The van der Waals surface area contributed by atoms with E-state index >= 15 is 0 Å². The van der Waals surface area contributed by atoms with Gasteiger partial charge in [0, 0.05) is 18.8 Å². The van der Waals surface area contributed by atoms with Crippen LogP contribution in [-0.2, 0) is 6.54 Å². The third-order valence-corrected chi connectivity index (χ3v) is 3.32. The van der Waals surface area contributed by atoms with Gasteiger partial charge >= 0.3 is 0 Å². The standard InChI is InChI=1S/C20H28N4O2/c1-4-21-20(22-12-13-25-18-8-6-5-7-9-18)24-15-17-10-11-19(23-14-17)26-16(2)3/h5-11,14,16H,4,12-13,15H2,1-3H3,(H2,21,22,24). The van der Waals surface area contributed by atoms with E-state index in [2.05, 4.69) is 20.6 Å². The zero-order valence-corrected chi connectivity index (χ0v) is 15.7. The molecular formula is C20H28N4O2. The highest BCUT2D eigenvalue weighted by atomic mass is 16.5. The van der Waals surface area contributed by atoms with Gasteiger partial charge in [-0.05, 0) is 38.5 Å². The number of benzene rings is 1. The average molecular weight is 356 g/mol. The fourth-order valence-electron chi connectivity index (χ4n) is 2.18. The number of rotatable bonds is 9. The van der Waals surface area contributed by atoms with Crippen LogP contribution in [0.2, 0.25) is 0 Å². The summed E-state index contributed by atoms with van der Waals surface area (Å²) in [6.45, 7) is 8.58. The molecule has 0 bridgehead atoms. The van der Waals surface area contributed by atoms with Crippen molar-refractivity contribution in [2.45, 2.75) is 33.4 Å². The van der Waals surface area contributed by atoms with Crippen LogP contribution in [0.3, 0.4) is 0 Å². The maximum atomic E-state index is 5.67. The van der Waals surface area contributed by atoms with Crippen LogP contribution in [0, 0.1) is 0 Å². The number of nitrogens with zero attached hydrogens (tertiary/aromatic N) is 2. The van der Waals surface area contributed by atoms with Crippen molar-refractivity contribution in [2.24, 2.45) is 4.99 Å². The first-order chi connectivity index (χ1) is 12.7. The van der Waals surface area contributed by atoms with Crippen molar-refractivity contribution in [1.29, 1.82) is 0 Å². The summed E-state index contributed by atoms with van der Waals surface area (Å²) in [6, 6.07) is 13.6. The lowest BCUT2D eigenvalue weighted by atomic mass is 10.3. The predicted molar refractivity (Wildman–Crippen MR) is 105 cm³/mol. The van der Waals surface area contributed by atoms with Crippen molar-refractivity contribution in [3.8, 4) is 11.6 Å². The van der Waals surface area contributed by atoms with E-state index in [-0.39, 0.29) is 6.10 Å². The fraction of sp³-hybridized carbons (Fsp3) is 0.400. The second-order valence-corrected chi connectivity index (χ2v) is 5.95. The van der Waals surface area contributed by atoms with Gasteiger partial charge in [-0.3, -0.25) is 0 Å². The van der Waals surface area contributed by atoms with Crippen molar-refractivity contribution >= 4 is 5.96 Å². The van der Waals surface area contributed by atoms with E-state index in [1.807, 2.05) is 63.2 Å². The summed E-state index contributed by atoms with van der Waals surface area (Å²) in [7, 11) is 0. The molecule has 2 N–H and O–H groups in total. The molecule has 0 aliphatic rings. The Morgan fingerprint density at radius 2 is 1.92 bits per heavy atom. The normalized spacial score (nSPS) is 11.3. The van der Waals surface area contributed by atoms with Gasteiger partial charge in [-0.15, -0.1) is 0 Å². The van der Waals surface area contributed by atoms with E-state index in [1.165, 1.54) is 0 Å². The van der Waals surface area contributed by atoms with Crippen LogP contribution in [0.5, 0.6) is 11.6 Å². The molecule has 0 radical (unpaired) electrons. The minimum absolute atomic E-state index is 0.119. The van der Waals surface area contributed by atoms with Gasteiger partial charge in [-0.2, -0.15) is 0 Å². The fourth-order valence-corrected chi connectivity index (χ4v) is 2.18. The topological polar surface area (TPSA) is 67.8 Å². The quantitative estimate of drug-likeness (QED) is 0.411. The molecule has 0 fully saturated rings. The Kier molecular flexibility index (Phi) is 8.26. The van der Waals surface area contributed by atoms with Gasteiger partial charge in [0.1, 0.15) is 12.4 Å². The maximum Gasteiger partial charge on any atom is 0.213 e. The van der Waals surface area contributed by atoms with Gasteiger partial charge in [0.2, 0.25) is 5.88 Å². The Balaban J connectivity index is 1.79. The lowest BCUT2D eigenvalue weighted by Gasteiger charge is -2.12. The molecule has 2 aromatic rings. The minimum atomic E-state index is 0.119. The van der Waals surface area contributed by atoms with Crippen molar-refractivity contribution in [3.63, 3.8) is 0 Å². The first-order valence-electron chi connectivity index (χ1n) is 8.99. The Bertz CT molecular complexity index is 657. The molecule has 0 spiro atoms. The second kappa shape index (κ2) is 11.0. The average Bonchev–Trinajstić information content (AvgIpc) is 2.64. The van der Waals surface area contributed by atoms with E-state index in [0.717, 1.165) is 23.8 Å². The molecule has 0 saturated carbocycles. The van der Waals surface area contributed by atoms with Crippen LogP contribution in [0.4, 0.5) is 0 Å². The number of hydrogen-bond donors (Lipinski definition) is 2. The monoisotopic (exact) mass is 356 g/mol. The molecular weight excluding hydrogens is 328 g/mol. The minimum Gasteiger partial charge on any atom is -0.492 e. The molecule has 0 saturated heterocycles. The Morgan fingerprint density at radius 3 is 2.58 bits per heavy atom. The largest absolute Gasteiger partial charge is 0.492 e. The zero-order chi connectivity index (χ0) is 18.6. The van der Waals surface area contributed by atoms with Gasteiger partial charge in [0.05, 0.1) is 19.2 Å². The number of ether oxygens (including phenoxy) is 2. The Labute approximate surface area is 155 Å². The summed E-state index contributed by atoms with van der Waals surface area (Å²) < 4.78 is 11.2. The third kappa shape index (κ3) is 7.42. The van der Waals surface area contributed by atoms with Crippen LogP contribution in [0.15, 0.2) is 53.7 Å². The maximum absolute atomic E-state index is 5.67. The molecule has 0 aliphatic heterocycles.